The van der Waals surface area contributed by atoms with Crippen LogP contribution in [-0.2, 0) is 0 Å². The molecule has 0 atom stereocenters. The minimum atomic E-state index is -0.364. The molecular formula is C15H11NO2. The monoisotopic (exact) mass is 237 g/mol. The molecule has 0 bridgehead atoms. The quantitative estimate of drug-likeness (QED) is 0.686. The Bertz CT molecular complexity index is 686. The molecule has 0 unspecified atom stereocenters. The van der Waals surface area contributed by atoms with Crippen molar-refractivity contribution in [1.29, 1.82) is 0 Å². The van der Waals surface area contributed by atoms with Crippen LogP contribution >= 0.6 is 0 Å². The summed E-state index contributed by atoms with van der Waals surface area (Å²) in [7, 11) is 0. The first kappa shape index (κ1) is 10.6. The molecule has 2 aromatic carbocycles. The van der Waals surface area contributed by atoms with E-state index in [9.17, 15) is 4.79 Å². The smallest absolute Gasteiger partial charge is 0.331 e. The Morgan fingerprint density at radius 2 is 1.61 bits per heavy atom. The average molecular weight is 237 g/mol. The van der Waals surface area contributed by atoms with Gasteiger partial charge in [0.2, 0.25) is 0 Å². The highest BCUT2D eigenvalue weighted by molar-refractivity contribution is 5.90. The molecular weight excluding hydrogens is 226 g/mol. The fourth-order valence-electron chi connectivity index (χ4n) is 1.85. The van der Waals surface area contributed by atoms with Crippen LogP contribution in [0, 0.1) is 0 Å². The number of hydrogen-bond donors (Lipinski definition) is 0. The molecule has 0 aliphatic carbocycles. The van der Waals surface area contributed by atoms with E-state index in [4.69, 9.17) is 4.84 Å². The van der Waals surface area contributed by atoms with Gasteiger partial charge in [-0.25, -0.2) is 4.79 Å². The lowest BCUT2D eigenvalue weighted by Crippen LogP contribution is -2.18. The van der Waals surface area contributed by atoms with E-state index in [0.29, 0.717) is 5.56 Å². The number of rotatable bonds is 2. The molecule has 18 heavy (non-hydrogen) atoms. The van der Waals surface area contributed by atoms with Crippen molar-refractivity contribution in [2.75, 3.05) is 0 Å². The van der Waals surface area contributed by atoms with Gasteiger partial charge in [0.15, 0.2) is 0 Å². The molecule has 3 nitrogen and oxygen atoms in total. The fourth-order valence-corrected chi connectivity index (χ4v) is 1.85. The fraction of sp³-hybridized carbons (Fsp3) is 0. The van der Waals surface area contributed by atoms with Crippen LogP contribution in [0.2, 0.25) is 0 Å². The minimum absolute atomic E-state index is 0.364. The molecule has 0 spiro atoms. The third-order valence-electron chi connectivity index (χ3n) is 2.75. The summed E-state index contributed by atoms with van der Waals surface area (Å²) in [4.78, 5) is 17.2. The summed E-state index contributed by atoms with van der Waals surface area (Å²) in [6.07, 6.45) is 1.74. The first-order valence-electron chi connectivity index (χ1n) is 5.68. The number of carbonyl (C=O) groups excluding carboxylic acids is 1. The Morgan fingerprint density at radius 1 is 0.889 bits per heavy atom. The van der Waals surface area contributed by atoms with E-state index in [1.807, 2.05) is 48.5 Å². The van der Waals surface area contributed by atoms with Crippen LogP contribution in [0.25, 0.3) is 10.9 Å². The molecule has 0 saturated carbocycles. The van der Waals surface area contributed by atoms with Gasteiger partial charge in [-0.15, -0.1) is 0 Å². The zero-order valence-corrected chi connectivity index (χ0v) is 9.61. The topological polar surface area (TPSA) is 31.2 Å². The van der Waals surface area contributed by atoms with E-state index in [1.54, 1.807) is 18.3 Å². The summed E-state index contributed by atoms with van der Waals surface area (Å²) >= 11 is 0. The standard InChI is InChI=1S/C15H11NO2/c17-15(13-7-2-1-3-8-13)18-16-11-10-12-6-4-5-9-14(12)16/h1-11H. The van der Waals surface area contributed by atoms with Crippen molar-refractivity contribution in [2.24, 2.45) is 0 Å². The van der Waals surface area contributed by atoms with Crippen LogP contribution < -0.4 is 4.84 Å². The zero-order chi connectivity index (χ0) is 12.4. The summed E-state index contributed by atoms with van der Waals surface area (Å²) in [6.45, 7) is 0. The number of benzene rings is 2. The van der Waals surface area contributed by atoms with E-state index in [-0.39, 0.29) is 5.97 Å². The summed E-state index contributed by atoms with van der Waals surface area (Å²) in [6, 6.07) is 18.6. The van der Waals surface area contributed by atoms with Crippen LogP contribution in [0.15, 0.2) is 66.9 Å². The Kier molecular flexibility index (Phi) is 2.57. The highest BCUT2D eigenvalue weighted by Gasteiger charge is 2.09. The van der Waals surface area contributed by atoms with Gasteiger partial charge in [0.25, 0.3) is 0 Å². The zero-order valence-electron chi connectivity index (χ0n) is 9.61. The Balaban J connectivity index is 1.91. The molecule has 0 amide bonds. The molecule has 0 N–H and O–H groups in total. The van der Waals surface area contributed by atoms with Crippen molar-refractivity contribution in [3.63, 3.8) is 0 Å². The lowest BCUT2D eigenvalue weighted by molar-refractivity contribution is 0.0483. The average Bonchev–Trinajstić information content (AvgIpc) is 2.83. The summed E-state index contributed by atoms with van der Waals surface area (Å²) in [5, 5.41) is 1.04. The maximum atomic E-state index is 11.9. The summed E-state index contributed by atoms with van der Waals surface area (Å²) in [5.41, 5.74) is 1.41. The van der Waals surface area contributed by atoms with E-state index in [1.165, 1.54) is 4.73 Å². The van der Waals surface area contributed by atoms with Crippen molar-refractivity contribution in [3.05, 3.63) is 72.4 Å². The van der Waals surface area contributed by atoms with Crippen molar-refractivity contribution in [3.8, 4) is 0 Å². The molecule has 1 aromatic heterocycles. The van der Waals surface area contributed by atoms with Gasteiger partial charge in [0.05, 0.1) is 11.1 Å². The number of para-hydroxylation sites is 1. The predicted octanol–water partition coefficient (Wildman–Crippen LogP) is 2.91. The van der Waals surface area contributed by atoms with Gasteiger partial charge in [-0.05, 0) is 24.3 Å². The Hall–Kier alpha value is -2.55. The summed E-state index contributed by atoms with van der Waals surface area (Å²) in [5.74, 6) is -0.364. The van der Waals surface area contributed by atoms with Gasteiger partial charge in [0.1, 0.15) is 0 Å². The highest BCUT2D eigenvalue weighted by Crippen LogP contribution is 2.14. The largest absolute Gasteiger partial charge is 0.363 e. The highest BCUT2D eigenvalue weighted by atomic mass is 16.7. The molecule has 0 aliphatic heterocycles. The number of carbonyl (C=O) groups is 1. The van der Waals surface area contributed by atoms with Crippen LogP contribution in [0.5, 0.6) is 0 Å². The van der Waals surface area contributed by atoms with Crippen molar-refractivity contribution in [2.45, 2.75) is 0 Å². The molecule has 0 aliphatic rings. The maximum Gasteiger partial charge on any atom is 0.363 e. The van der Waals surface area contributed by atoms with E-state index in [2.05, 4.69) is 0 Å². The van der Waals surface area contributed by atoms with Crippen LogP contribution in [0.1, 0.15) is 10.4 Å². The molecule has 3 heteroatoms. The van der Waals surface area contributed by atoms with E-state index in [0.717, 1.165) is 10.9 Å². The Morgan fingerprint density at radius 3 is 2.44 bits per heavy atom. The van der Waals surface area contributed by atoms with Gasteiger partial charge < -0.3 is 4.84 Å². The second-order valence-corrected chi connectivity index (χ2v) is 3.95. The Labute approximate surface area is 104 Å². The van der Waals surface area contributed by atoms with Crippen LogP contribution in [0.3, 0.4) is 0 Å². The third-order valence-corrected chi connectivity index (χ3v) is 2.75. The number of aromatic nitrogens is 1. The third kappa shape index (κ3) is 1.86. The van der Waals surface area contributed by atoms with Gasteiger partial charge in [-0.3, -0.25) is 0 Å². The van der Waals surface area contributed by atoms with Crippen molar-refractivity contribution in [1.82, 2.24) is 4.73 Å². The van der Waals surface area contributed by atoms with Crippen LogP contribution in [0.4, 0.5) is 0 Å². The number of fused-ring (bicyclic) bond motifs is 1. The van der Waals surface area contributed by atoms with Crippen LogP contribution in [-0.4, -0.2) is 10.7 Å². The van der Waals surface area contributed by atoms with E-state index < -0.39 is 0 Å². The molecule has 0 saturated heterocycles. The summed E-state index contributed by atoms with van der Waals surface area (Å²) < 4.78 is 1.49. The maximum absolute atomic E-state index is 11.9. The molecule has 0 radical (unpaired) electrons. The van der Waals surface area contributed by atoms with Gasteiger partial charge >= 0.3 is 5.97 Å². The lowest BCUT2D eigenvalue weighted by atomic mass is 10.2. The molecule has 88 valence electrons. The second-order valence-electron chi connectivity index (χ2n) is 3.95. The van der Waals surface area contributed by atoms with Gasteiger partial charge in [0, 0.05) is 11.6 Å². The second kappa shape index (κ2) is 4.37. The molecule has 3 rings (SSSR count). The van der Waals surface area contributed by atoms with Crippen molar-refractivity contribution >= 4 is 16.9 Å². The first-order valence-corrected chi connectivity index (χ1v) is 5.68. The molecule has 0 fully saturated rings. The lowest BCUT2D eigenvalue weighted by Gasteiger charge is -2.05. The number of hydrogen-bond acceptors (Lipinski definition) is 2. The number of nitrogens with zero attached hydrogens (tertiary/aromatic N) is 1. The SMILES string of the molecule is O=C(On1ccc2ccccc21)c1ccccc1. The minimum Gasteiger partial charge on any atom is -0.331 e. The predicted molar refractivity (Wildman–Crippen MR) is 69.3 cm³/mol. The van der Waals surface area contributed by atoms with Gasteiger partial charge in [-0.1, -0.05) is 36.4 Å². The van der Waals surface area contributed by atoms with Gasteiger partial charge in [-0.2, -0.15) is 4.73 Å². The first-order chi connectivity index (χ1) is 8.84. The molecule has 3 aromatic rings. The van der Waals surface area contributed by atoms with Crippen molar-refractivity contribution < 1.29 is 9.63 Å². The molecule has 1 heterocycles. The normalized spacial score (nSPS) is 10.4. The van der Waals surface area contributed by atoms with E-state index >= 15 is 0 Å².